The second kappa shape index (κ2) is 8.02. The van der Waals surface area contributed by atoms with Gasteiger partial charge in [-0.25, -0.2) is 0 Å². The zero-order valence-electron chi connectivity index (χ0n) is 13.2. The summed E-state index contributed by atoms with van der Waals surface area (Å²) in [5.41, 5.74) is 0.438. The molecule has 1 aromatic carbocycles. The molecule has 5 nitrogen and oxygen atoms in total. The van der Waals surface area contributed by atoms with Crippen LogP contribution in [0, 0.1) is 5.92 Å². The van der Waals surface area contributed by atoms with Crippen LogP contribution in [0.1, 0.15) is 26.2 Å². The molecule has 124 valence electrons. The zero-order valence-corrected chi connectivity index (χ0v) is 13.9. The summed E-state index contributed by atoms with van der Waals surface area (Å²) in [6.45, 7) is 1.54. The summed E-state index contributed by atoms with van der Waals surface area (Å²) in [4.78, 5) is 24.3. The van der Waals surface area contributed by atoms with E-state index in [-0.39, 0.29) is 11.9 Å². The summed E-state index contributed by atoms with van der Waals surface area (Å²) >= 11 is 5.92. The fourth-order valence-corrected chi connectivity index (χ4v) is 2.52. The molecule has 0 radical (unpaired) electrons. The first-order chi connectivity index (χ1) is 11.0. The molecular formula is C17H20ClNO4. The highest BCUT2D eigenvalue weighted by atomic mass is 35.5. The Bertz CT molecular complexity index is 615. The number of amides is 1. The van der Waals surface area contributed by atoms with Crippen molar-refractivity contribution in [3.05, 3.63) is 35.4 Å². The molecule has 1 amide bonds. The van der Waals surface area contributed by atoms with Gasteiger partial charge in [0, 0.05) is 5.02 Å². The van der Waals surface area contributed by atoms with Gasteiger partial charge in [-0.1, -0.05) is 23.8 Å². The van der Waals surface area contributed by atoms with E-state index >= 15 is 0 Å². The summed E-state index contributed by atoms with van der Waals surface area (Å²) in [7, 11) is 1.50. The lowest BCUT2D eigenvalue weighted by Crippen LogP contribution is -2.32. The van der Waals surface area contributed by atoms with Crippen molar-refractivity contribution < 1.29 is 19.1 Å². The van der Waals surface area contributed by atoms with Crippen molar-refractivity contribution in [1.29, 1.82) is 0 Å². The third-order valence-corrected chi connectivity index (χ3v) is 3.92. The van der Waals surface area contributed by atoms with E-state index in [9.17, 15) is 9.59 Å². The van der Waals surface area contributed by atoms with Crippen molar-refractivity contribution in [1.82, 2.24) is 0 Å². The molecule has 2 atom stereocenters. The monoisotopic (exact) mass is 337 g/mol. The topological polar surface area (TPSA) is 64.6 Å². The number of nitrogens with one attached hydrogen (secondary N) is 1. The van der Waals surface area contributed by atoms with Crippen LogP contribution in [0.25, 0.3) is 0 Å². The van der Waals surface area contributed by atoms with Crippen LogP contribution in [-0.4, -0.2) is 25.1 Å². The molecule has 1 aliphatic carbocycles. The van der Waals surface area contributed by atoms with Crippen LogP contribution >= 0.6 is 11.6 Å². The Hall–Kier alpha value is -2.01. The Morgan fingerprint density at radius 2 is 2.13 bits per heavy atom. The number of methoxy groups -OCH3 is 1. The van der Waals surface area contributed by atoms with E-state index in [2.05, 4.69) is 5.32 Å². The van der Waals surface area contributed by atoms with Crippen LogP contribution in [0.3, 0.4) is 0 Å². The first-order valence-corrected chi connectivity index (χ1v) is 7.89. The number of ether oxygens (including phenoxy) is 2. The smallest absolute Gasteiger partial charge is 0.310 e. The third kappa shape index (κ3) is 4.73. The molecule has 0 unspecified atom stereocenters. The van der Waals surface area contributed by atoms with Gasteiger partial charge in [0.05, 0.1) is 18.7 Å². The number of esters is 1. The van der Waals surface area contributed by atoms with Crippen LogP contribution in [0.15, 0.2) is 30.4 Å². The molecule has 1 N–H and O–H groups in total. The van der Waals surface area contributed by atoms with Crippen LogP contribution in [-0.2, 0) is 14.3 Å². The minimum atomic E-state index is -0.892. The van der Waals surface area contributed by atoms with Crippen LogP contribution in [0.5, 0.6) is 5.75 Å². The average molecular weight is 338 g/mol. The number of hydrogen-bond acceptors (Lipinski definition) is 4. The number of allylic oxidation sites excluding steroid dienone is 2. The van der Waals surface area contributed by atoms with Crippen molar-refractivity contribution in [3.63, 3.8) is 0 Å². The van der Waals surface area contributed by atoms with Crippen molar-refractivity contribution >= 4 is 29.2 Å². The molecule has 0 heterocycles. The molecule has 0 aliphatic heterocycles. The van der Waals surface area contributed by atoms with Crippen molar-refractivity contribution in [3.8, 4) is 5.75 Å². The SMILES string of the molecule is COc1ccc(Cl)cc1NC(=O)[C@@H](C)OC(=O)[C@@H]1CC=CCC1. The fraction of sp³-hybridized carbons (Fsp3) is 0.412. The number of carbonyl (C=O) groups excluding carboxylic acids is 2. The lowest BCUT2D eigenvalue weighted by Gasteiger charge is -2.20. The fourth-order valence-electron chi connectivity index (χ4n) is 2.34. The van der Waals surface area contributed by atoms with Gasteiger partial charge in [0.2, 0.25) is 0 Å². The summed E-state index contributed by atoms with van der Waals surface area (Å²) in [5, 5.41) is 3.14. The lowest BCUT2D eigenvalue weighted by atomic mass is 9.95. The summed E-state index contributed by atoms with van der Waals surface area (Å²) < 4.78 is 10.4. The van der Waals surface area contributed by atoms with E-state index in [1.54, 1.807) is 25.1 Å². The number of carbonyl (C=O) groups is 2. The second-order valence-corrected chi connectivity index (χ2v) is 5.83. The Labute approximate surface area is 140 Å². The third-order valence-electron chi connectivity index (χ3n) is 3.68. The van der Waals surface area contributed by atoms with Crippen molar-refractivity contribution in [2.45, 2.75) is 32.3 Å². The van der Waals surface area contributed by atoms with E-state index in [0.717, 1.165) is 12.8 Å². The highest BCUT2D eigenvalue weighted by molar-refractivity contribution is 6.31. The zero-order chi connectivity index (χ0) is 16.8. The van der Waals surface area contributed by atoms with Crippen LogP contribution in [0.2, 0.25) is 5.02 Å². The minimum absolute atomic E-state index is 0.170. The van der Waals surface area contributed by atoms with Gasteiger partial charge in [0.25, 0.3) is 5.91 Å². The number of hydrogen-bond donors (Lipinski definition) is 1. The van der Waals surface area contributed by atoms with Gasteiger partial charge in [-0.05, 0) is 44.4 Å². The van der Waals surface area contributed by atoms with E-state index in [1.807, 2.05) is 12.2 Å². The van der Waals surface area contributed by atoms with E-state index in [1.165, 1.54) is 7.11 Å². The summed E-state index contributed by atoms with van der Waals surface area (Å²) in [6.07, 6.45) is 5.40. The van der Waals surface area contributed by atoms with Gasteiger partial charge < -0.3 is 14.8 Å². The normalized spacial score (nSPS) is 18.1. The van der Waals surface area contributed by atoms with Crippen molar-refractivity contribution in [2.24, 2.45) is 5.92 Å². The Morgan fingerprint density at radius 1 is 1.35 bits per heavy atom. The van der Waals surface area contributed by atoms with Gasteiger partial charge in [-0.2, -0.15) is 0 Å². The quantitative estimate of drug-likeness (QED) is 0.659. The second-order valence-electron chi connectivity index (χ2n) is 5.39. The maximum absolute atomic E-state index is 12.2. The largest absolute Gasteiger partial charge is 0.495 e. The molecule has 2 rings (SSSR count). The van der Waals surface area contributed by atoms with E-state index in [4.69, 9.17) is 21.1 Å². The Kier molecular flexibility index (Phi) is 6.04. The summed E-state index contributed by atoms with van der Waals surface area (Å²) in [6, 6.07) is 4.90. The van der Waals surface area contributed by atoms with Gasteiger partial charge in [-0.3, -0.25) is 9.59 Å². The molecule has 0 aromatic heterocycles. The average Bonchev–Trinajstić information content (AvgIpc) is 2.55. The molecule has 1 aliphatic rings. The molecule has 0 saturated heterocycles. The predicted octanol–water partition coefficient (Wildman–Crippen LogP) is 3.58. The van der Waals surface area contributed by atoms with E-state index < -0.39 is 12.0 Å². The standard InChI is InChI=1S/C17H20ClNO4/c1-11(23-17(21)12-6-4-3-5-7-12)16(20)19-14-10-13(18)8-9-15(14)22-2/h3-4,8-12H,5-7H2,1-2H3,(H,19,20)/t11-,12-/m1/s1. The van der Waals surface area contributed by atoms with Crippen LogP contribution in [0.4, 0.5) is 5.69 Å². The summed E-state index contributed by atoms with van der Waals surface area (Å²) in [5.74, 6) is -0.449. The number of halogens is 1. The number of benzene rings is 1. The highest BCUT2D eigenvalue weighted by Crippen LogP contribution is 2.28. The minimum Gasteiger partial charge on any atom is -0.495 e. The molecule has 1 aromatic rings. The molecule has 0 bridgehead atoms. The predicted molar refractivity (Wildman–Crippen MR) is 88.7 cm³/mol. The molecule has 0 fully saturated rings. The first-order valence-electron chi connectivity index (χ1n) is 7.51. The lowest BCUT2D eigenvalue weighted by molar-refractivity contribution is -0.157. The van der Waals surface area contributed by atoms with Gasteiger partial charge in [0.15, 0.2) is 6.10 Å². The molecule has 23 heavy (non-hydrogen) atoms. The maximum Gasteiger partial charge on any atom is 0.310 e. The van der Waals surface area contributed by atoms with Crippen molar-refractivity contribution in [2.75, 3.05) is 12.4 Å². The molecular weight excluding hydrogens is 318 g/mol. The number of anilines is 1. The van der Waals surface area contributed by atoms with Gasteiger partial charge in [-0.15, -0.1) is 0 Å². The number of rotatable bonds is 5. The Morgan fingerprint density at radius 3 is 2.78 bits per heavy atom. The van der Waals surface area contributed by atoms with Gasteiger partial charge >= 0.3 is 5.97 Å². The van der Waals surface area contributed by atoms with Gasteiger partial charge in [0.1, 0.15) is 5.75 Å². The van der Waals surface area contributed by atoms with Crippen LogP contribution < -0.4 is 10.1 Å². The highest BCUT2D eigenvalue weighted by Gasteiger charge is 2.25. The molecule has 0 spiro atoms. The first kappa shape index (κ1) is 17.3. The molecule has 0 saturated carbocycles. The maximum atomic E-state index is 12.2. The molecule has 6 heteroatoms. The van der Waals surface area contributed by atoms with E-state index in [0.29, 0.717) is 22.9 Å². The Balaban J connectivity index is 1.96.